The number of amides is 3. The third-order valence-corrected chi connectivity index (χ3v) is 4.32. The number of likely N-dealkylation sites (tertiary alicyclic amines) is 1. The molecule has 0 aromatic heterocycles. The number of nitrogens with two attached hydrogens (primary N) is 1. The van der Waals surface area contributed by atoms with Crippen LogP contribution in [0.3, 0.4) is 0 Å². The lowest BCUT2D eigenvalue weighted by atomic mass is 10.1. The van der Waals surface area contributed by atoms with Crippen molar-refractivity contribution in [1.29, 1.82) is 0 Å². The Morgan fingerprint density at radius 2 is 1.67 bits per heavy atom. The topological polar surface area (TPSA) is 87.5 Å². The summed E-state index contributed by atoms with van der Waals surface area (Å²) in [5.74, 6) is -0.0553. The maximum Gasteiger partial charge on any atom is 0.312 e. The number of hydrogen-bond acceptors (Lipinski definition) is 3. The highest BCUT2D eigenvalue weighted by atomic mass is 16.2. The van der Waals surface area contributed by atoms with Gasteiger partial charge in [-0.05, 0) is 56.6 Å². The van der Waals surface area contributed by atoms with Gasteiger partial charge in [0.25, 0.3) is 5.91 Å². The zero-order valence-corrected chi connectivity index (χ0v) is 14.2. The molecule has 0 bridgehead atoms. The van der Waals surface area contributed by atoms with Gasteiger partial charge >= 0.3 is 6.03 Å². The van der Waals surface area contributed by atoms with E-state index in [-0.39, 0.29) is 5.91 Å². The van der Waals surface area contributed by atoms with E-state index in [1.807, 2.05) is 12.1 Å². The number of carbonyl (C=O) groups excluding carboxylic acids is 2. The van der Waals surface area contributed by atoms with Crippen molar-refractivity contribution in [2.45, 2.75) is 38.6 Å². The molecule has 1 heterocycles. The van der Waals surface area contributed by atoms with Crippen molar-refractivity contribution in [3.8, 4) is 0 Å². The Hall–Kier alpha value is -2.08. The Morgan fingerprint density at radius 3 is 2.29 bits per heavy atom. The second-order valence-electron chi connectivity index (χ2n) is 6.28. The molecule has 6 nitrogen and oxygen atoms in total. The molecule has 3 amide bonds. The van der Waals surface area contributed by atoms with E-state index in [1.54, 1.807) is 12.1 Å². The lowest BCUT2D eigenvalue weighted by Gasteiger charge is -2.19. The van der Waals surface area contributed by atoms with Gasteiger partial charge in [0, 0.05) is 18.7 Å². The normalized spacial score (nSPS) is 15.5. The molecular weight excluding hydrogens is 304 g/mol. The van der Waals surface area contributed by atoms with Crippen molar-refractivity contribution >= 4 is 11.9 Å². The van der Waals surface area contributed by atoms with Crippen molar-refractivity contribution in [3.63, 3.8) is 0 Å². The monoisotopic (exact) mass is 332 g/mol. The molecule has 0 saturated carbocycles. The number of primary amides is 1. The molecule has 1 aromatic carbocycles. The molecule has 4 N–H and O–H groups in total. The molecule has 0 unspecified atom stereocenters. The zero-order valence-electron chi connectivity index (χ0n) is 14.2. The number of rotatable bonds is 7. The van der Waals surface area contributed by atoms with Crippen LogP contribution in [0.1, 0.15) is 48.0 Å². The van der Waals surface area contributed by atoms with Gasteiger partial charge in [0.05, 0.1) is 0 Å². The SMILES string of the molecule is NC(=O)NCc1ccc(C(=O)NCCCN2CCCCCC2)cc1. The van der Waals surface area contributed by atoms with Gasteiger partial charge < -0.3 is 21.3 Å². The van der Waals surface area contributed by atoms with E-state index in [0.717, 1.165) is 18.5 Å². The highest BCUT2D eigenvalue weighted by molar-refractivity contribution is 5.94. The number of nitrogens with zero attached hydrogens (tertiary/aromatic N) is 1. The van der Waals surface area contributed by atoms with Gasteiger partial charge in [-0.2, -0.15) is 0 Å². The molecule has 0 atom stereocenters. The quantitative estimate of drug-likeness (QED) is 0.666. The van der Waals surface area contributed by atoms with Crippen LogP contribution in [0.25, 0.3) is 0 Å². The Morgan fingerprint density at radius 1 is 1.00 bits per heavy atom. The molecule has 1 aromatic rings. The van der Waals surface area contributed by atoms with E-state index in [0.29, 0.717) is 18.7 Å². The van der Waals surface area contributed by atoms with Crippen LogP contribution in [-0.2, 0) is 6.54 Å². The molecule has 0 spiro atoms. The fourth-order valence-electron chi connectivity index (χ4n) is 2.93. The van der Waals surface area contributed by atoms with Gasteiger partial charge in [-0.3, -0.25) is 4.79 Å². The van der Waals surface area contributed by atoms with Gasteiger partial charge in [0.15, 0.2) is 0 Å². The Balaban J connectivity index is 1.67. The van der Waals surface area contributed by atoms with Crippen LogP contribution < -0.4 is 16.4 Å². The van der Waals surface area contributed by atoms with Crippen molar-refractivity contribution in [1.82, 2.24) is 15.5 Å². The third kappa shape index (κ3) is 6.58. The Labute approximate surface area is 143 Å². The molecule has 1 aliphatic rings. The number of nitrogens with one attached hydrogen (secondary N) is 2. The van der Waals surface area contributed by atoms with E-state index in [4.69, 9.17) is 5.73 Å². The summed E-state index contributed by atoms with van der Waals surface area (Å²) < 4.78 is 0. The molecule has 1 aliphatic heterocycles. The van der Waals surface area contributed by atoms with Gasteiger partial charge in [0.1, 0.15) is 0 Å². The first-order chi connectivity index (χ1) is 11.6. The lowest BCUT2D eigenvalue weighted by molar-refractivity contribution is 0.0951. The average Bonchev–Trinajstić information content (AvgIpc) is 2.86. The standard InChI is InChI=1S/C18H28N4O2/c19-18(24)21-14-15-6-8-16(9-7-15)17(23)20-10-5-13-22-11-3-1-2-4-12-22/h6-9H,1-5,10-14H2,(H,20,23)(H3,19,21,24). The van der Waals surface area contributed by atoms with Crippen LogP contribution in [0, 0.1) is 0 Å². The van der Waals surface area contributed by atoms with Crippen LogP contribution in [0.15, 0.2) is 24.3 Å². The summed E-state index contributed by atoms with van der Waals surface area (Å²) in [4.78, 5) is 25.3. The molecule has 1 saturated heterocycles. The number of benzene rings is 1. The maximum absolute atomic E-state index is 12.1. The molecule has 0 radical (unpaired) electrons. The molecule has 0 aliphatic carbocycles. The number of urea groups is 1. The fourth-order valence-corrected chi connectivity index (χ4v) is 2.93. The molecular formula is C18H28N4O2. The minimum atomic E-state index is -0.554. The van der Waals surface area contributed by atoms with E-state index < -0.39 is 6.03 Å². The van der Waals surface area contributed by atoms with Crippen LogP contribution in [0.2, 0.25) is 0 Å². The fraction of sp³-hybridized carbons (Fsp3) is 0.556. The lowest BCUT2D eigenvalue weighted by Crippen LogP contribution is -2.30. The first-order valence-electron chi connectivity index (χ1n) is 8.78. The van der Waals surface area contributed by atoms with Crippen molar-refractivity contribution in [3.05, 3.63) is 35.4 Å². The third-order valence-electron chi connectivity index (χ3n) is 4.32. The summed E-state index contributed by atoms with van der Waals surface area (Å²) in [6, 6.07) is 6.62. The highest BCUT2D eigenvalue weighted by Crippen LogP contribution is 2.09. The summed E-state index contributed by atoms with van der Waals surface area (Å²) in [5, 5.41) is 5.49. The number of carbonyl (C=O) groups is 2. The molecule has 24 heavy (non-hydrogen) atoms. The summed E-state index contributed by atoms with van der Waals surface area (Å²) in [6.07, 6.45) is 6.26. The average molecular weight is 332 g/mol. The Kier molecular flexibility index (Phi) is 7.55. The van der Waals surface area contributed by atoms with Gasteiger partial charge in [-0.1, -0.05) is 25.0 Å². The molecule has 132 valence electrons. The predicted molar refractivity (Wildman–Crippen MR) is 94.7 cm³/mol. The van der Waals surface area contributed by atoms with Crippen molar-refractivity contribution in [2.75, 3.05) is 26.2 Å². The van der Waals surface area contributed by atoms with Crippen LogP contribution in [0.5, 0.6) is 0 Å². The van der Waals surface area contributed by atoms with Crippen molar-refractivity contribution < 1.29 is 9.59 Å². The zero-order chi connectivity index (χ0) is 17.2. The van der Waals surface area contributed by atoms with Crippen molar-refractivity contribution in [2.24, 2.45) is 5.73 Å². The number of hydrogen-bond donors (Lipinski definition) is 3. The van der Waals surface area contributed by atoms with Crippen LogP contribution in [0.4, 0.5) is 4.79 Å². The first kappa shape index (κ1) is 18.3. The molecule has 1 fully saturated rings. The minimum absolute atomic E-state index is 0.0553. The molecule has 2 rings (SSSR count). The highest BCUT2D eigenvalue weighted by Gasteiger charge is 2.09. The summed E-state index contributed by atoms with van der Waals surface area (Å²) in [5.41, 5.74) is 6.57. The van der Waals surface area contributed by atoms with E-state index in [1.165, 1.54) is 38.8 Å². The summed E-state index contributed by atoms with van der Waals surface area (Å²) >= 11 is 0. The van der Waals surface area contributed by atoms with Gasteiger partial charge in [-0.15, -0.1) is 0 Å². The van der Waals surface area contributed by atoms with Gasteiger partial charge in [0.2, 0.25) is 0 Å². The Bertz CT molecular complexity index is 522. The minimum Gasteiger partial charge on any atom is -0.352 e. The smallest absolute Gasteiger partial charge is 0.312 e. The van der Waals surface area contributed by atoms with E-state index in [9.17, 15) is 9.59 Å². The summed E-state index contributed by atoms with van der Waals surface area (Å²) in [6.45, 7) is 4.49. The molecule has 6 heteroatoms. The second kappa shape index (κ2) is 9.93. The van der Waals surface area contributed by atoms with Crippen LogP contribution >= 0.6 is 0 Å². The maximum atomic E-state index is 12.1. The largest absolute Gasteiger partial charge is 0.352 e. The van der Waals surface area contributed by atoms with Gasteiger partial charge in [-0.25, -0.2) is 4.79 Å². The summed E-state index contributed by atoms with van der Waals surface area (Å²) in [7, 11) is 0. The van der Waals surface area contributed by atoms with E-state index >= 15 is 0 Å². The van der Waals surface area contributed by atoms with Crippen LogP contribution in [-0.4, -0.2) is 43.0 Å². The second-order valence-corrected chi connectivity index (χ2v) is 6.28. The first-order valence-corrected chi connectivity index (χ1v) is 8.78. The predicted octanol–water partition coefficient (Wildman–Crippen LogP) is 1.85. The van der Waals surface area contributed by atoms with E-state index in [2.05, 4.69) is 15.5 Å².